The summed E-state index contributed by atoms with van der Waals surface area (Å²) in [5, 5.41) is 4.55. The van der Waals surface area contributed by atoms with Gasteiger partial charge in [-0.05, 0) is 0 Å². The first kappa shape index (κ1) is 21.4. The van der Waals surface area contributed by atoms with Crippen molar-refractivity contribution in [1.29, 1.82) is 0 Å². The molecule has 0 heterocycles. The van der Waals surface area contributed by atoms with Gasteiger partial charge in [0.2, 0.25) is 6.10 Å². The van der Waals surface area contributed by atoms with Crippen molar-refractivity contribution < 1.29 is 38.2 Å². The molecule has 0 saturated heterocycles. The predicted octanol–water partition coefficient (Wildman–Crippen LogP) is -1.34. The molecule has 10 heteroatoms. The quantitative estimate of drug-likeness (QED) is 0.407. The van der Waals surface area contributed by atoms with E-state index in [0.29, 0.717) is 0 Å². The Morgan fingerprint density at radius 1 is 0.750 bits per heavy atom. The van der Waals surface area contributed by atoms with Gasteiger partial charge >= 0.3 is 17.9 Å². The predicted molar refractivity (Wildman–Crippen MR) is 79.4 cm³/mol. The van der Waals surface area contributed by atoms with Crippen molar-refractivity contribution in [3.63, 3.8) is 0 Å². The van der Waals surface area contributed by atoms with Gasteiger partial charge in [-0.1, -0.05) is 0 Å². The van der Waals surface area contributed by atoms with Gasteiger partial charge in [-0.15, -0.1) is 0 Å². The molecule has 0 aliphatic rings. The fourth-order valence-corrected chi connectivity index (χ4v) is 1.85. The lowest BCUT2D eigenvalue weighted by atomic mass is 10.0. The number of likely N-dealkylation sites (N-methyl/N-ethyl adjacent to an activating group) is 2. The highest BCUT2D eigenvalue weighted by Crippen LogP contribution is 2.15. The zero-order chi connectivity index (χ0) is 18.9. The molecular weight excluding hydrogens is 324 g/mol. The monoisotopic (exact) mass is 346 g/mol. The van der Waals surface area contributed by atoms with Crippen LogP contribution in [0.5, 0.6) is 0 Å². The summed E-state index contributed by atoms with van der Waals surface area (Å²) in [6.45, 7) is 3.25. The molecular formula is C14H22N2O8. The van der Waals surface area contributed by atoms with Crippen molar-refractivity contribution >= 4 is 29.7 Å². The average molecular weight is 346 g/mol. The molecule has 0 aromatic heterocycles. The van der Waals surface area contributed by atoms with Crippen molar-refractivity contribution in [1.82, 2.24) is 10.6 Å². The van der Waals surface area contributed by atoms with Crippen molar-refractivity contribution in [3.05, 3.63) is 0 Å². The molecule has 0 rings (SSSR count). The standard InChI is InChI=1S/C14H22N2O8/c1-7(17)22-10(12(14(21)16-5)24-9(3)19)6-11(13(20)15-4)23-8(2)18/h10-12H,6H2,1-5H3,(H,15,20)(H,16,21). The molecule has 2 N–H and O–H groups in total. The summed E-state index contributed by atoms with van der Waals surface area (Å²) in [5.41, 5.74) is 0. The molecule has 0 bridgehead atoms. The first-order valence-electron chi connectivity index (χ1n) is 7.07. The van der Waals surface area contributed by atoms with Crippen LogP contribution in [-0.4, -0.2) is 62.1 Å². The largest absolute Gasteiger partial charge is 0.458 e. The molecule has 136 valence electrons. The van der Waals surface area contributed by atoms with Gasteiger partial charge in [0.15, 0.2) is 12.2 Å². The normalized spacial score (nSPS) is 13.7. The van der Waals surface area contributed by atoms with E-state index in [4.69, 9.17) is 14.2 Å². The summed E-state index contributed by atoms with van der Waals surface area (Å²) >= 11 is 0. The Balaban J connectivity index is 5.54. The third-order valence-corrected chi connectivity index (χ3v) is 2.75. The fraction of sp³-hybridized carbons (Fsp3) is 0.643. The number of carbonyl (C=O) groups excluding carboxylic acids is 5. The topological polar surface area (TPSA) is 137 Å². The van der Waals surface area contributed by atoms with Crippen LogP contribution in [0.25, 0.3) is 0 Å². The highest BCUT2D eigenvalue weighted by atomic mass is 16.6. The minimum Gasteiger partial charge on any atom is -0.458 e. The maximum Gasteiger partial charge on any atom is 0.303 e. The number of rotatable bonds is 8. The first-order chi connectivity index (χ1) is 11.1. The maximum atomic E-state index is 11.9. The molecule has 0 fully saturated rings. The zero-order valence-corrected chi connectivity index (χ0v) is 14.2. The second-order valence-corrected chi connectivity index (χ2v) is 4.74. The molecule has 10 nitrogen and oxygen atoms in total. The maximum absolute atomic E-state index is 11.9. The SMILES string of the molecule is CNC(=O)C(CC(OC(C)=O)C(OC(C)=O)C(=O)NC)OC(C)=O. The van der Waals surface area contributed by atoms with Crippen LogP contribution >= 0.6 is 0 Å². The van der Waals surface area contributed by atoms with Gasteiger partial charge in [-0.25, -0.2) is 0 Å². The third kappa shape index (κ3) is 7.56. The molecule has 0 saturated carbocycles. The number of hydrogen-bond acceptors (Lipinski definition) is 8. The summed E-state index contributed by atoms with van der Waals surface area (Å²) in [5.74, 6) is -3.70. The number of carbonyl (C=O) groups is 5. The van der Waals surface area contributed by atoms with Crippen LogP contribution in [0.2, 0.25) is 0 Å². The van der Waals surface area contributed by atoms with Gasteiger partial charge in [-0.2, -0.15) is 0 Å². The van der Waals surface area contributed by atoms with Crippen molar-refractivity contribution in [2.45, 2.75) is 45.5 Å². The number of nitrogens with one attached hydrogen (secondary N) is 2. The molecule has 0 aromatic carbocycles. The highest BCUT2D eigenvalue weighted by Gasteiger charge is 2.37. The third-order valence-electron chi connectivity index (χ3n) is 2.75. The Labute approximate surface area is 139 Å². The van der Waals surface area contributed by atoms with Gasteiger partial charge in [0.1, 0.15) is 0 Å². The van der Waals surface area contributed by atoms with Crippen LogP contribution in [-0.2, 0) is 38.2 Å². The van der Waals surface area contributed by atoms with Crippen LogP contribution in [0.3, 0.4) is 0 Å². The Kier molecular flexibility index (Phi) is 9.06. The Morgan fingerprint density at radius 2 is 1.21 bits per heavy atom. The van der Waals surface area contributed by atoms with Gasteiger partial charge in [-0.3, -0.25) is 24.0 Å². The summed E-state index contributed by atoms with van der Waals surface area (Å²) < 4.78 is 14.7. The van der Waals surface area contributed by atoms with Crippen LogP contribution in [0.1, 0.15) is 27.2 Å². The Morgan fingerprint density at radius 3 is 1.58 bits per heavy atom. The molecule has 0 aliphatic carbocycles. The lowest BCUT2D eigenvalue weighted by Gasteiger charge is -2.27. The van der Waals surface area contributed by atoms with E-state index < -0.39 is 48.0 Å². The van der Waals surface area contributed by atoms with Crippen LogP contribution < -0.4 is 10.6 Å². The Bertz CT molecular complexity index is 505. The summed E-state index contributed by atoms with van der Waals surface area (Å²) in [4.78, 5) is 57.4. The van der Waals surface area contributed by atoms with Gasteiger partial charge in [0, 0.05) is 41.3 Å². The van der Waals surface area contributed by atoms with E-state index >= 15 is 0 Å². The number of amides is 2. The molecule has 0 aliphatic heterocycles. The van der Waals surface area contributed by atoms with Crippen LogP contribution in [0, 0.1) is 0 Å². The van der Waals surface area contributed by atoms with E-state index in [1.165, 1.54) is 14.1 Å². The lowest BCUT2D eigenvalue weighted by Crippen LogP contribution is -2.49. The summed E-state index contributed by atoms with van der Waals surface area (Å²) in [6.07, 6.45) is -4.53. The minimum absolute atomic E-state index is 0.371. The summed E-state index contributed by atoms with van der Waals surface area (Å²) in [6, 6.07) is 0. The molecule has 3 atom stereocenters. The molecule has 0 radical (unpaired) electrons. The lowest BCUT2D eigenvalue weighted by molar-refractivity contribution is -0.175. The van der Waals surface area contributed by atoms with Gasteiger partial charge in [0.25, 0.3) is 11.8 Å². The number of ether oxygens (including phenoxy) is 3. The van der Waals surface area contributed by atoms with E-state index in [0.717, 1.165) is 20.8 Å². The smallest absolute Gasteiger partial charge is 0.303 e. The first-order valence-corrected chi connectivity index (χ1v) is 7.07. The second-order valence-electron chi connectivity index (χ2n) is 4.74. The Hall–Kier alpha value is -2.65. The number of esters is 3. The average Bonchev–Trinajstić information content (AvgIpc) is 2.48. The van der Waals surface area contributed by atoms with E-state index in [2.05, 4.69) is 10.6 Å². The molecule has 3 unspecified atom stereocenters. The molecule has 0 spiro atoms. The zero-order valence-electron chi connectivity index (χ0n) is 14.2. The van der Waals surface area contributed by atoms with Crippen LogP contribution in [0.15, 0.2) is 0 Å². The second kappa shape index (κ2) is 10.2. The van der Waals surface area contributed by atoms with Gasteiger partial charge < -0.3 is 24.8 Å². The van der Waals surface area contributed by atoms with Crippen LogP contribution in [0.4, 0.5) is 0 Å². The molecule has 0 aromatic rings. The van der Waals surface area contributed by atoms with Crippen molar-refractivity contribution in [2.75, 3.05) is 14.1 Å². The van der Waals surface area contributed by atoms with Crippen molar-refractivity contribution in [2.24, 2.45) is 0 Å². The van der Waals surface area contributed by atoms with Gasteiger partial charge in [0.05, 0.1) is 0 Å². The van der Waals surface area contributed by atoms with E-state index in [1.54, 1.807) is 0 Å². The number of hydrogen-bond donors (Lipinski definition) is 2. The van der Waals surface area contributed by atoms with E-state index in [9.17, 15) is 24.0 Å². The minimum atomic E-state index is -1.50. The molecule has 24 heavy (non-hydrogen) atoms. The van der Waals surface area contributed by atoms with Crippen molar-refractivity contribution in [3.8, 4) is 0 Å². The fourth-order valence-electron chi connectivity index (χ4n) is 1.85. The van der Waals surface area contributed by atoms with E-state index in [-0.39, 0.29) is 6.42 Å². The summed E-state index contributed by atoms with van der Waals surface area (Å²) in [7, 11) is 2.62. The molecule has 2 amide bonds. The highest BCUT2D eigenvalue weighted by molar-refractivity contribution is 5.85. The van der Waals surface area contributed by atoms with E-state index in [1.807, 2.05) is 0 Å².